The Morgan fingerprint density at radius 1 is 1.24 bits per heavy atom. The number of carbonyl (C=O) groups is 1. The van der Waals surface area contributed by atoms with Crippen LogP contribution in [0.3, 0.4) is 0 Å². The number of halogens is 3. The van der Waals surface area contributed by atoms with Crippen molar-refractivity contribution in [3.63, 3.8) is 0 Å². The van der Waals surface area contributed by atoms with E-state index in [0.717, 1.165) is 5.56 Å². The number of benzene rings is 1. The zero-order valence-electron chi connectivity index (χ0n) is 17.5. The lowest BCUT2D eigenvalue weighted by Gasteiger charge is -2.26. The number of nitriles is 1. The van der Waals surface area contributed by atoms with Gasteiger partial charge >= 0.3 is 6.18 Å². The summed E-state index contributed by atoms with van der Waals surface area (Å²) in [7, 11) is 0. The predicted octanol–water partition coefficient (Wildman–Crippen LogP) is 4.42. The van der Waals surface area contributed by atoms with Crippen LogP contribution in [0.4, 0.5) is 19.0 Å². The van der Waals surface area contributed by atoms with Crippen molar-refractivity contribution in [2.24, 2.45) is 0 Å². The summed E-state index contributed by atoms with van der Waals surface area (Å²) in [4.78, 5) is 22.6. The first-order valence-electron chi connectivity index (χ1n) is 10.4. The number of thiophene rings is 1. The minimum absolute atomic E-state index is 0.102. The third-order valence-electron chi connectivity index (χ3n) is 5.39. The molecule has 1 fully saturated rings. The third-order valence-corrected chi connectivity index (χ3v) is 6.28. The van der Waals surface area contributed by atoms with Gasteiger partial charge in [0.15, 0.2) is 0 Å². The van der Waals surface area contributed by atoms with Gasteiger partial charge in [0, 0.05) is 19.2 Å². The van der Waals surface area contributed by atoms with E-state index in [1.807, 2.05) is 12.1 Å². The first kappa shape index (κ1) is 22.7. The topological polar surface area (TPSA) is 81.9 Å². The van der Waals surface area contributed by atoms with E-state index >= 15 is 0 Å². The summed E-state index contributed by atoms with van der Waals surface area (Å²) in [6.45, 7) is 0.818. The number of nitrogens with zero attached hydrogens (tertiary/aromatic N) is 4. The highest BCUT2D eigenvalue weighted by Crippen LogP contribution is 2.34. The Labute approximate surface area is 192 Å². The van der Waals surface area contributed by atoms with E-state index in [2.05, 4.69) is 21.4 Å². The average Bonchev–Trinajstić information content (AvgIpc) is 3.51. The molecule has 1 unspecified atom stereocenters. The van der Waals surface area contributed by atoms with Gasteiger partial charge in [-0.15, -0.1) is 11.3 Å². The SMILES string of the molecule is N#Cc1ccc(CCNC(=O)C2CCCN2c2cc(-c3cccs3)nc(C(F)(F)F)n2)cc1. The summed E-state index contributed by atoms with van der Waals surface area (Å²) < 4.78 is 40.4. The summed E-state index contributed by atoms with van der Waals surface area (Å²) >= 11 is 1.29. The molecule has 0 radical (unpaired) electrons. The van der Waals surface area contributed by atoms with Crippen LogP contribution in [0, 0.1) is 11.3 Å². The minimum atomic E-state index is -4.69. The molecule has 33 heavy (non-hydrogen) atoms. The van der Waals surface area contributed by atoms with Crippen LogP contribution in [-0.4, -0.2) is 35.0 Å². The van der Waals surface area contributed by atoms with Crippen molar-refractivity contribution in [2.45, 2.75) is 31.5 Å². The lowest BCUT2D eigenvalue weighted by molar-refractivity contribution is -0.144. The molecule has 1 amide bonds. The summed E-state index contributed by atoms with van der Waals surface area (Å²) in [6.07, 6.45) is -2.91. The molecule has 0 spiro atoms. The zero-order valence-corrected chi connectivity index (χ0v) is 18.3. The Bertz CT molecular complexity index is 1160. The third kappa shape index (κ3) is 5.31. The Morgan fingerprint density at radius 3 is 2.70 bits per heavy atom. The maximum atomic E-state index is 13.5. The molecule has 1 aromatic carbocycles. The van der Waals surface area contributed by atoms with Gasteiger partial charge in [-0.3, -0.25) is 4.79 Å². The van der Waals surface area contributed by atoms with E-state index < -0.39 is 18.0 Å². The second kappa shape index (κ2) is 9.58. The normalized spacial score (nSPS) is 15.9. The molecule has 3 aromatic rings. The first-order valence-corrected chi connectivity index (χ1v) is 11.3. The number of rotatable bonds is 6. The molecular formula is C23H20F3N5OS. The minimum Gasteiger partial charge on any atom is -0.354 e. The summed E-state index contributed by atoms with van der Waals surface area (Å²) in [5, 5.41) is 13.5. The summed E-state index contributed by atoms with van der Waals surface area (Å²) in [6, 6.07) is 13.5. The highest BCUT2D eigenvalue weighted by molar-refractivity contribution is 7.13. The first-order chi connectivity index (χ1) is 15.8. The lowest BCUT2D eigenvalue weighted by atomic mass is 10.1. The number of anilines is 1. The molecule has 0 bridgehead atoms. The van der Waals surface area contributed by atoms with E-state index in [1.165, 1.54) is 17.4 Å². The second-order valence-corrected chi connectivity index (χ2v) is 8.56. The number of hydrogen-bond acceptors (Lipinski definition) is 6. The molecule has 1 aliphatic heterocycles. The van der Waals surface area contributed by atoms with E-state index in [9.17, 15) is 18.0 Å². The fourth-order valence-electron chi connectivity index (χ4n) is 3.77. The molecular weight excluding hydrogens is 451 g/mol. The van der Waals surface area contributed by atoms with Crippen molar-refractivity contribution in [1.82, 2.24) is 15.3 Å². The fraction of sp³-hybridized carbons (Fsp3) is 0.304. The van der Waals surface area contributed by atoms with Crippen molar-refractivity contribution in [1.29, 1.82) is 5.26 Å². The molecule has 4 rings (SSSR count). The highest BCUT2D eigenvalue weighted by atomic mass is 32.1. The molecule has 6 nitrogen and oxygen atoms in total. The van der Waals surface area contributed by atoms with Gasteiger partial charge in [-0.25, -0.2) is 9.97 Å². The lowest BCUT2D eigenvalue weighted by Crippen LogP contribution is -2.44. The predicted molar refractivity (Wildman–Crippen MR) is 119 cm³/mol. The van der Waals surface area contributed by atoms with E-state index in [4.69, 9.17) is 5.26 Å². The summed E-state index contributed by atoms with van der Waals surface area (Å²) in [5.41, 5.74) is 1.73. The van der Waals surface area contributed by atoms with Crippen LogP contribution in [0.5, 0.6) is 0 Å². The van der Waals surface area contributed by atoms with Gasteiger partial charge in [-0.1, -0.05) is 18.2 Å². The fourth-order valence-corrected chi connectivity index (χ4v) is 4.45. The maximum Gasteiger partial charge on any atom is 0.451 e. The molecule has 10 heteroatoms. The molecule has 2 aromatic heterocycles. The van der Waals surface area contributed by atoms with E-state index in [-0.39, 0.29) is 17.4 Å². The van der Waals surface area contributed by atoms with Gasteiger partial charge in [-0.2, -0.15) is 18.4 Å². The molecule has 170 valence electrons. The Morgan fingerprint density at radius 2 is 2.03 bits per heavy atom. The summed E-state index contributed by atoms with van der Waals surface area (Å²) in [5.74, 6) is -1.35. The van der Waals surface area contributed by atoms with Crippen molar-refractivity contribution in [3.8, 4) is 16.6 Å². The van der Waals surface area contributed by atoms with Gasteiger partial charge in [0.25, 0.3) is 0 Å². The van der Waals surface area contributed by atoms with Gasteiger partial charge in [-0.05, 0) is 48.4 Å². The number of nitrogens with one attached hydrogen (secondary N) is 1. The standard InChI is InChI=1S/C23H20F3N5OS/c24-23(25,26)22-29-17(19-4-2-12-33-19)13-20(30-22)31-11-1-3-18(31)21(32)28-10-9-15-5-7-16(14-27)8-6-15/h2,4-8,12-13,18H,1,3,9-11H2,(H,28,32). The molecule has 1 atom stereocenters. The number of hydrogen-bond donors (Lipinski definition) is 1. The Kier molecular flexibility index (Phi) is 6.60. The van der Waals surface area contributed by atoms with Gasteiger partial charge in [0.2, 0.25) is 11.7 Å². The second-order valence-electron chi connectivity index (χ2n) is 7.61. The monoisotopic (exact) mass is 471 g/mol. The molecule has 0 saturated carbocycles. The Balaban J connectivity index is 1.49. The van der Waals surface area contributed by atoms with Crippen molar-refractivity contribution >= 4 is 23.1 Å². The van der Waals surface area contributed by atoms with Gasteiger partial charge in [0.1, 0.15) is 11.9 Å². The largest absolute Gasteiger partial charge is 0.451 e. The number of alkyl halides is 3. The van der Waals surface area contributed by atoms with Crippen LogP contribution in [-0.2, 0) is 17.4 Å². The zero-order chi connectivity index (χ0) is 23.4. The number of carbonyl (C=O) groups excluding carboxylic acids is 1. The van der Waals surface area contributed by atoms with Crippen LogP contribution < -0.4 is 10.2 Å². The van der Waals surface area contributed by atoms with Crippen molar-refractivity contribution < 1.29 is 18.0 Å². The quantitative estimate of drug-likeness (QED) is 0.576. The molecule has 1 aliphatic rings. The molecule has 1 N–H and O–H groups in total. The van der Waals surface area contributed by atoms with E-state index in [1.54, 1.807) is 34.5 Å². The van der Waals surface area contributed by atoms with Gasteiger partial charge < -0.3 is 10.2 Å². The maximum absolute atomic E-state index is 13.5. The number of amides is 1. The van der Waals surface area contributed by atoms with E-state index in [0.29, 0.717) is 42.8 Å². The molecule has 1 saturated heterocycles. The molecule has 0 aliphatic carbocycles. The highest BCUT2D eigenvalue weighted by Gasteiger charge is 2.38. The number of aromatic nitrogens is 2. The molecule has 3 heterocycles. The smallest absolute Gasteiger partial charge is 0.354 e. The van der Waals surface area contributed by atoms with Crippen LogP contribution in [0.2, 0.25) is 0 Å². The van der Waals surface area contributed by atoms with Crippen LogP contribution in [0.1, 0.15) is 29.8 Å². The Hall–Kier alpha value is -3.45. The van der Waals surface area contributed by atoms with Crippen molar-refractivity contribution in [3.05, 3.63) is 64.8 Å². The van der Waals surface area contributed by atoms with Gasteiger partial charge in [0.05, 0.1) is 22.2 Å². The van der Waals surface area contributed by atoms with Crippen molar-refractivity contribution in [2.75, 3.05) is 18.0 Å². The van der Waals surface area contributed by atoms with Crippen LogP contribution in [0.25, 0.3) is 10.6 Å². The average molecular weight is 472 g/mol. The van der Waals surface area contributed by atoms with Crippen LogP contribution >= 0.6 is 11.3 Å². The van der Waals surface area contributed by atoms with Crippen LogP contribution in [0.15, 0.2) is 47.8 Å².